The lowest BCUT2D eigenvalue weighted by atomic mass is 10.4. The van der Waals surface area contributed by atoms with Gasteiger partial charge in [0.25, 0.3) is 0 Å². The van der Waals surface area contributed by atoms with Crippen LogP contribution >= 0.6 is 0 Å². The Morgan fingerprint density at radius 1 is 1.30 bits per heavy atom. The summed E-state index contributed by atoms with van der Waals surface area (Å²) in [6, 6.07) is 2.26. The Hall–Kier alpha value is -1.60. The molecule has 0 atom stereocenters. The molecule has 7 heteroatoms. The number of hydrogen-bond acceptors (Lipinski definition) is 7. The van der Waals surface area contributed by atoms with Crippen LogP contribution in [0.15, 0.2) is 6.07 Å². The van der Waals surface area contributed by atoms with Crippen LogP contribution in [-0.4, -0.2) is 67.9 Å². The Morgan fingerprint density at radius 3 is 2.75 bits per heavy atom. The number of hydrogen-bond donors (Lipinski definition) is 2. The summed E-state index contributed by atoms with van der Waals surface area (Å²) < 4.78 is 11.0. The second-order valence-corrected chi connectivity index (χ2v) is 4.50. The molecule has 2 rings (SSSR count). The van der Waals surface area contributed by atoms with Crippen molar-refractivity contribution in [1.29, 1.82) is 0 Å². The van der Waals surface area contributed by atoms with Crippen LogP contribution < -0.4 is 15.4 Å². The third-order valence-electron chi connectivity index (χ3n) is 3.06. The molecule has 1 aromatic rings. The summed E-state index contributed by atoms with van der Waals surface area (Å²) in [5.41, 5.74) is 0. The van der Waals surface area contributed by atoms with Crippen LogP contribution in [0.5, 0.6) is 6.01 Å². The van der Waals surface area contributed by atoms with Gasteiger partial charge in [0.05, 0.1) is 13.2 Å². The molecule has 0 aliphatic carbocycles. The average molecular weight is 281 g/mol. The van der Waals surface area contributed by atoms with Crippen molar-refractivity contribution in [1.82, 2.24) is 14.9 Å². The van der Waals surface area contributed by atoms with Crippen molar-refractivity contribution in [3.8, 4) is 6.01 Å². The quantitative estimate of drug-likeness (QED) is 0.760. The predicted molar refractivity (Wildman–Crippen MR) is 78.5 cm³/mol. The van der Waals surface area contributed by atoms with Crippen LogP contribution in [0, 0.1) is 0 Å². The highest BCUT2D eigenvalue weighted by Gasteiger charge is 2.10. The van der Waals surface area contributed by atoms with E-state index in [0.717, 1.165) is 51.0 Å². The number of morpholine rings is 1. The maximum Gasteiger partial charge on any atom is 0.320 e. The van der Waals surface area contributed by atoms with E-state index in [-0.39, 0.29) is 0 Å². The molecule has 1 aliphatic heterocycles. The minimum Gasteiger partial charge on any atom is -0.462 e. The second-order valence-electron chi connectivity index (χ2n) is 4.50. The Morgan fingerprint density at radius 2 is 2.05 bits per heavy atom. The van der Waals surface area contributed by atoms with Crippen LogP contribution in [0.2, 0.25) is 0 Å². The van der Waals surface area contributed by atoms with Crippen molar-refractivity contribution < 1.29 is 9.47 Å². The van der Waals surface area contributed by atoms with Gasteiger partial charge in [-0.05, 0) is 6.92 Å². The zero-order chi connectivity index (χ0) is 14.2. The first-order valence-corrected chi connectivity index (χ1v) is 7.05. The van der Waals surface area contributed by atoms with Gasteiger partial charge >= 0.3 is 6.01 Å². The van der Waals surface area contributed by atoms with E-state index in [9.17, 15) is 0 Å². The molecule has 2 heterocycles. The van der Waals surface area contributed by atoms with Gasteiger partial charge in [0, 0.05) is 39.3 Å². The molecular formula is C13H23N5O2. The van der Waals surface area contributed by atoms with Crippen molar-refractivity contribution in [2.45, 2.75) is 6.92 Å². The third-order valence-corrected chi connectivity index (χ3v) is 3.06. The summed E-state index contributed by atoms with van der Waals surface area (Å²) in [5, 5.41) is 6.17. The normalized spacial score (nSPS) is 15.9. The molecule has 0 aromatic carbocycles. The Labute approximate surface area is 119 Å². The van der Waals surface area contributed by atoms with E-state index in [2.05, 4.69) is 25.5 Å². The van der Waals surface area contributed by atoms with E-state index < -0.39 is 0 Å². The minimum atomic E-state index is 0.404. The summed E-state index contributed by atoms with van der Waals surface area (Å²) in [5.74, 6) is 1.52. The zero-order valence-electron chi connectivity index (χ0n) is 12.2. The molecular weight excluding hydrogens is 258 g/mol. The summed E-state index contributed by atoms with van der Waals surface area (Å²) in [6.07, 6.45) is 0. The molecule has 112 valence electrons. The highest BCUT2D eigenvalue weighted by atomic mass is 16.5. The summed E-state index contributed by atoms with van der Waals surface area (Å²) in [6.45, 7) is 7.82. The SMILES string of the molecule is CCNc1cc(NC)nc(OCCN2CCOCC2)n1. The molecule has 0 radical (unpaired) electrons. The smallest absolute Gasteiger partial charge is 0.320 e. The number of nitrogens with zero attached hydrogens (tertiary/aromatic N) is 3. The van der Waals surface area contributed by atoms with Gasteiger partial charge in [-0.25, -0.2) is 0 Å². The number of anilines is 2. The number of ether oxygens (including phenoxy) is 2. The Balaban J connectivity index is 1.85. The maximum atomic E-state index is 5.65. The van der Waals surface area contributed by atoms with Crippen molar-refractivity contribution in [2.75, 3.05) is 63.7 Å². The van der Waals surface area contributed by atoms with Gasteiger partial charge in [-0.1, -0.05) is 0 Å². The molecule has 2 N–H and O–H groups in total. The number of rotatable bonds is 7. The zero-order valence-corrected chi connectivity index (χ0v) is 12.2. The first-order chi connectivity index (χ1) is 9.81. The van der Waals surface area contributed by atoms with E-state index in [1.165, 1.54) is 0 Å². The van der Waals surface area contributed by atoms with Crippen molar-refractivity contribution >= 4 is 11.6 Å². The number of aromatic nitrogens is 2. The molecule has 0 amide bonds. The maximum absolute atomic E-state index is 5.65. The van der Waals surface area contributed by atoms with Gasteiger partial charge in [-0.2, -0.15) is 9.97 Å². The molecule has 7 nitrogen and oxygen atoms in total. The lowest BCUT2D eigenvalue weighted by molar-refractivity contribution is 0.0317. The highest BCUT2D eigenvalue weighted by molar-refractivity contribution is 5.48. The van der Waals surface area contributed by atoms with Crippen LogP contribution in [0.25, 0.3) is 0 Å². The van der Waals surface area contributed by atoms with E-state index in [1.54, 1.807) is 0 Å². The topological polar surface area (TPSA) is 71.5 Å². The Bertz CT molecular complexity index is 410. The summed E-state index contributed by atoms with van der Waals surface area (Å²) in [7, 11) is 1.83. The van der Waals surface area contributed by atoms with E-state index >= 15 is 0 Å². The molecule has 20 heavy (non-hydrogen) atoms. The van der Waals surface area contributed by atoms with Gasteiger partial charge in [0.15, 0.2) is 0 Å². The van der Waals surface area contributed by atoms with E-state index in [1.807, 2.05) is 20.0 Å². The summed E-state index contributed by atoms with van der Waals surface area (Å²) >= 11 is 0. The van der Waals surface area contributed by atoms with Gasteiger partial charge in [0.1, 0.15) is 18.2 Å². The second kappa shape index (κ2) is 7.86. The van der Waals surface area contributed by atoms with Crippen molar-refractivity contribution in [3.63, 3.8) is 0 Å². The fourth-order valence-corrected chi connectivity index (χ4v) is 1.98. The highest BCUT2D eigenvalue weighted by Crippen LogP contribution is 2.15. The van der Waals surface area contributed by atoms with Crippen molar-refractivity contribution in [2.24, 2.45) is 0 Å². The van der Waals surface area contributed by atoms with Gasteiger partial charge in [-0.3, -0.25) is 4.90 Å². The van der Waals surface area contributed by atoms with Crippen molar-refractivity contribution in [3.05, 3.63) is 6.07 Å². The molecule has 0 bridgehead atoms. The Kier molecular flexibility index (Phi) is 5.82. The molecule has 0 unspecified atom stereocenters. The fourth-order valence-electron chi connectivity index (χ4n) is 1.98. The van der Waals surface area contributed by atoms with Crippen LogP contribution in [0.1, 0.15) is 6.92 Å². The van der Waals surface area contributed by atoms with E-state index in [0.29, 0.717) is 12.6 Å². The largest absolute Gasteiger partial charge is 0.462 e. The van der Waals surface area contributed by atoms with Gasteiger partial charge in [-0.15, -0.1) is 0 Å². The monoisotopic (exact) mass is 281 g/mol. The molecule has 0 spiro atoms. The first kappa shape index (κ1) is 14.8. The average Bonchev–Trinajstić information content (AvgIpc) is 2.48. The molecule has 1 fully saturated rings. The van der Waals surface area contributed by atoms with E-state index in [4.69, 9.17) is 9.47 Å². The van der Waals surface area contributed by atoms with Gasteiger partial charge in [0.2, 0.25) is 0 Å². The van der Waals surface area contributed by atoms with Crippen LogP contribution in [0.3, 0.4) is 0 Å². The lowest BCUT2D eigenvalue weighted by Crippen LogP contribution is -2.38. The lowest BCUT2D eigenvalue weighted by Gasteiger charge is -2.26. The van der Waals surface area contributed by atoms with Crippen LogP contribution in [0.4, 0.5) is 11.6 Å². The molecule has 0 saturated carbocycles. The third kappa shape index (κ3) is 4.50. The molecule has 1 saturated heterocycles. The first-order valence-electron chi connectivity index (χ1n) is 7.05. The standard InChI is InChI=1S/C13H23N5O2/c1-3-15-12-10-11(14-2)16-13(17-12)20-9-6-18-4-7-19-8-5-18/h10H,3-9H2,1-2H3,(H2,14,15,16,17). The number of nitrogens with one attached hydrogen (secondary N) is 2. The molecule has 1 aliphatic rings. The fraction of sp³-hybridized carbons (Fsp3) is 0.692. The minimum absolute atomic E-state index is 0.404. The summed E-state index contributed by atoms with van der Waals surface area (Å²) in [4.78, 5) is 10.9. The van der Waals surface area contributed by atoms with Gasteiger partial charge < -0.3 is 20.1 Å². The predicted octanol–water partition coefficient (Wildman–Crippen LogP) is 0.661. The molecule has 1 aromatic heterocycles. The van der Waals surface area contributed by atoms with Crippen LogP contribution in [-0.2, 0) is 4.74 Å².